The van der Waals surface area contributed by atoms with E-state index in [1.165, 1.54) is 0 Å². The van der Waals surface area contributed by atoms with E-state index >= 15 is 0 Å². The second-order valence-electron chi connectivity index (χ2n) is 3.57. The predicted octanol–water partition coefficient (Wildman–Crippen LogP) is 2.65. The quantitative estimate of drug-likeness (QED) is 0.867. The molecule has 0 bridgehead atoms. The van der Waals surface area contributed by atoms with Gasteiger partial charge < -0.3 is 10.5 Å². The van der Waals surface area contributed by atoms with Crippen LogP contribution in [0.5, 0.6) is 5.75 Å². The van der Waals surface area contributed by atoms with Crippen LogP contribution in [0, 0.1) is 0 Å². The maximum absolute atomic E-state index is 5.96. The van der Waals surface area contributed by atoms with Crippen LogP contribution in [0.25, 0.3) is 0 Å². The van der Waals surface area contributed by atoms with Gasteiger partial charge in [0.1, 0.15) is 5.75 Å². The largest absolute Gasteiger partial charge is 0.496 e. The van der Waals surface area contributed by atoms with Gasteiger partial charge in [-0.15, -0.1) is 0 Å². The van der Waals surface area contributed by atoms with Gasteiger partial charge in [-0.1, -0.05) is 6.07 Å². The molecule has 0 spiro atoms. The van der Waals surface area contributed by atoms with E-state index in [-0.39, 0.29) is 5.54 Å². The summed E-state index contributed by atoms with van der Waals surface area (Å²) >= 11 is 3.39. The molecule has 0 aromatic heterocycles. The Kier molecular flexibility index (Phi) is 2.98. The van der Waals surface area contributed by atoms with Crippen molar-refractivity contribution in [1.29, 1.82) is 0 Å². The number of halogens is 1. The molecule has 0 atom stereocenters. The standard InChI is InChI=1S/C10H14BrNO/c1-10(2,12)7-4-5-8(11)9(6-7)13-3/h4-6H,12H2,1-3H3. The zero-order valence-electron chi connectivity index (χ0n) is 8.10. The molecular weight excluding hydrogens is 230 g/mol. The van der Waals surface area contributed by atoms with E-state index in [0.29, 0.717) is 0 Å². The summed E-state index contributed by atoms with van der Waals surface area (Å²) in [7, 11) is 1.65. The summed E-state index contributed by atoms with van der Waals surface area (Å²) in [6, 6.07) is 5.89. The van der Waals surface area contributed by atoms with Gasteiger partial charge in [0.05, 0.1) is 11.6 Å². The number of hydrogen-bond acceptors (Lipinski definition) is 2. The number of methoxy groups -OCH3 is 1. The number of ether oxygens (including phenoxy) is 1. The Labute approximate surface area is 87.2 Å². The summed E-state index contributed by atoms with van der Waals surface area (Å²) < 4.78 is 6.13. The van der Waals surface area contributed by atoms with Crippen LogP contribution in [0.1, 0.15) is 19.4 Å². The first-order chi connectivity index (χ1) is 5.95. The smallest absolute Gasteiger partial charge is 0.133 e. The van der Waals surface area contributed by atoms with Crippen LogP contribution in [-0.2, 0) is 5.54 Å². The Morgan fingerprint density at radius 2 is 2.00 bits per heavy atom. The van der Waals surface area contributed by atoms with Crippen molar-refractivity contribution in [1.82, 2.24) is 0 Å². The highest BCUT2D eigenvalue weighted by molar-refractivity contribution is 9.10. The van der Waals surface area contributed by atoms with Crippen molar-refractivity contribution in [3.05, 3.63) is 28.2 Å². The molecule has 2 nitrogen and oxygen atoms in total. The highest BCUT2D eigenvalue weighted by atomic mass is 79.9. The SMILES string of the molecule is COc1cc(C(C)(C)N)ccc1Br. The fourth-order valence-electron chi connectivity index (χ4n) is 1.06. The van der Waals surface area contributed by atoms with Crippen LogP contribution in [0.2, 0.25) is 0 Å². The third-order valence-electron chi connectivity index (χ3n) is 1.90. The third kappa shape index (κ3) is 2.45. The minimum absolute atomic E-state index is 0.325. The summed E-state index contributed by atoms with van der Waals surface area (Å²) in [5, 5.41) is 0. The van der Waals surface area contributed by atoms with Crippen molar-refractivity contribution in [2.75, 3.05) is 7.11 Å². The van der Waals surface area contributed by atoms with Crippen LogP contribution in [0.3, 0.4) is 0 Å². The maximum Gasteiger partial charge on any atom is 0.133 e. The molecule has 0 aliphatic rings. The van der Waals surface area contributed by atoms with Gasteiger partial charge in [0.15, 0.2) is 0 Å². The van der Waals surface area contributed by atoms with Gasteiger partial charge in [-0.05, 0) is 47.5 Å². The highest BCUT2D eigenvalue weighted by Gasteiger charge is 2.15. The highest BCUT2D eigenvalue weighted by Crippen LogP contribution is 2.29. The molecule has 0 aliphatic carbocycles. The van der Waals surface area contributed by atoms with Crippen molar-refractivity contribution in [2.45, 2.75) is 19.4 Å². The normalized spacial score (nSPS) is 11.5. The van der Waals surface area contributed by atoms with Gasteiger partial charge in [-0.3, -0.25) is 0 Å². The minimum atomic E-state index is -0.325. The monoisotopic (exact) mass is 243 g/mol. The summed E-state index contributed by atoms with van der Waals surface area (Å²) in [5.41, 5.74) is 6.70. The molecule has 0 saturated carbocycles. The molecule has 0 fully saturated rings. The average Bonchev–Trinajstić information content (AvgIpc) is 2.03. The zero-order valence-corrected chi connectivity index (χ0v) is 9.68. The predicted molar refractivity (Wildman–Crippen MR) is 57.9 cm³/mol. The Bertz CT molecular complexity index is 304. The third-order valence-corrected chi connectivity index (χ3v) is 2.55. The van der Waals surface area contributed by atoms with Gasteiger partial charge in [0.25, 0.3) is 0 Å². The van der Waals surface area contributed by atoms with Crippen LogP contribution >= 0.6 is 15.9 Å². The van der Waals surface area contributed by atoms with Crippen LogP contribution in [-0.4, -0.2) is 7.11 Å². The Balaban J connectivity index is 3.14. The topological polar surface area (TPSA) is 35.2 Å². The average molecular weight is 244 g/mol. The van der Waals surface area contributed by atoms with E-state index in [1.54, 1.807) is 7.11 Å². The van der Waals surface area contributed by atoms with E-state index in [2.05, 4.69) is 15.9 Å². The van der Waals surface area contributed by atoms with E-state index in [0.717, 1.165) is 15.8 Å². The van der Waals surface area contributed by atoms with Crippen molar-refractivity contribution in [3.63, 3.8) is 0 Å². The summed E-state index contributed by atoms with van der Waals surface area (Å²) in [6.45, 7) is 3.94. The fourth-order valence-corrected chi connectivity index (χ4v) is 1.47. The molecule has 0 heterocycles. The van der Waals surface area contributed by atoms with Crippen molar-refractivity contribution < 1.29 is 4.74 Å². The van der Waals surface area contributed by atoms with Crippen LogP contribution in [0.4, 0.5) is 0 Å². The molecular formula is C10H14BrNO. The van der Waals surface area contributed by atoms with Crippen molar-refractivity contribution in [2.24, 2.45) is 5.73 Å². The lowest BCUT2D eigenvalue weighted by molar-refractivity contribution is 0.409. The molecule has 0 unspecified atom stereocenters. The first-order valence-corrected chi connectivity index (χ1v) is 4.87. The van der Waals surface area contributed by atoms with E-state index in [9.17, 15) is 0 Å². The van der Waals surface area contributed by atoms with Crippen molar-refractivity contribution in [3.8, 4) is 5.75 Å². The molecule has 1 aromatic rings. The lowest BCUT2D eigenvalue weighted by Gasteiger charge is -2.20. The Hall–Kier alpha value is -0.540. The van der Waals surface area contributed by atoms with Crippen LogP contribution < -0.4 is 10.5 Å². The second-order valence-corrected chi connectivity index (χ2v) is 4.43. The summed E-state index contributed by atoms with van der Waals surface area (Å²) in [4.78, 5) is 0. The summed E-state index contributed by atoms with van der Waals surface area (Å²) in [6.07, 6.45) is 0. The van der Waals surface area contributed by atoms with Crippen LogP contribution in [0.15, 0.2) is 22.7 Å². The van der Waals surface area contributed by atoms with E-state index in [1.807, 2.05) is 32.0 Å². The van der Waals surface area contributed by atoms with Gasteiger partial charge in [-0.25, -0.2) is 0 Å². The molecule has 1 aromatic carbocycles. The molecule has 0 amide bonds. The number of nitrogens with two attached hydrogens (primary N) is 1. The molecule has 13 heavy (non-hydrogen) atoms. The molecule has 0 radical (unpaired) electrons. The minimum Gasteiger partial charge on any atom is -0.496 e. The fraction of sp³-hybridized carbons (Fsp3) is 0.400. The Morgan fingerprint density at radius 3 is 2.46 bits per heavy atom. The second kappa shape index (κ2) is 3.68. The lowest BCUT2D eigenvalue weighted by atomic mass is 9.96. The van der Waals surface area contributed by atoms with Gasteiger partial charge in [-0.2, -0.15) is 0 Å². The van der Waals surface area contributed by atoms with E-state index < -0.39 is 0 Å². The summed E-state index contributed by atoms with van der Waals surface area (Å²) in [5.74, 6) is 0.816. The number of hydrogen-bond donors (Lipinski definition) is 1. The zero-order chi connectivity index (χ0) is 10.1. The van der Waals surface area contributed by atoms with E-state index in [4.69, 9.17) is 10.5 Å². The van der Waals surface area contributed by atoms with Gasteiger partial charge >= 0.3 is 0 Å². The maximum atomic E-state index is 5.96. The molecule has 0 aliphatic heterocycles. The molecule has 0 saturated heterocycles. The first kappa shape index (κ1) is 10.5. The first-order valence-electron chi connectivity index (χ1n) is 4.08. The molecule has 1 rings (SSSR count). The van der Waals surface area contributed by atoms with Gasteiger partial charge in [0.2, 0.25) is 0 Å². The van der Waals surface area contributed by atoms with Gasteiger partial charge in [0, 0.05) is 5.54 Å². The lowest BCUT2D eigenvalue weighted by Crippen LogP contribution is -2.28. The molecule has 3 heteroatoms. The number of rotatable bonds is 2. The molecule has 72 valence electrons. The number of benzene rings is 1. The van der Waals surface area contributed by atoms with Crippen molar-refractivity contribution >= 4 is 15.9 Å². The molecule has 2 N–H and O–H groups in total. The Morgan fingerprint density at radius 1 is 1.38 bits per heavy atom.